The summed E-state index contributed by atoms with van der Waals surface area (Å²) in [5.41, 5.74) is 11.8. The quantitative estimate of drug-likeness (QED) is 0.821. The average Bonchev–Trinajstić information content (AvgIpc) is 2.40. The Morgan fingerprint density at radius 1 is 1.05 bits per heavy atom. The second kappa shape index (κ2) is 7.13. The van der Waals surface area contributed by atoms with Crippen molar-refractivity contribution in [2.24, 2.45) is 17.4 Å². The lowest BCUT2D eigenvalue weighted by Gasteiger charge is -2.36. The predicted octanol–water partition coefficient (Wildman–Crippen LogP) is 2.61. The molecule has 19 heavy (non-hydrogen) atoms. The van der Waals surface area contributed by atoms with Gasteiger partial charge in [-0.2, -0.15) is 0 Å². The molecule has 0 aromatic carbocycles. The third kappa shape index (κ3) is 4.37. The summed E-state index contributed by atoms with van der Waals surface area (Å²) in [7, 11) is 0. The number of urea groups is 1. The summed E-state index contributed by atoms with van der Waals surface area (Å²) in [5, 5.41) is 0. The Labute approximate surface area is 116 Å². The molecule has 0 spiro atoms. The van der Waals surface area contributed by atoms with Crippen molar-refractivity contribution in [3.8, 4) is 0 Å². The fraction of sp³-hybridized carbons (Fsp3) is 0.933. The van der Waals surface area contributed by atoms with E-state index in [2.05, 4.69) is 0 Å². The lowest BCUT2D eigenvalue weighted by molar-refractivity contribution is 0.147. The van der Waals surface area contributed by atoms with Gasteiger partial charge in [0.05, 0.1) is 0 Å². The fourth-order valence-corrected chi connectivity index (χ4v) is 3.83. The van der Waals surface area contributed by atoms with Crippen molar-refractivity contribution in [2.75, 3.05) is 6.54 Å². The van der Waals surface area contributed by atoms with Crippen molar-refractivity contribution in [1.29, 1.82) is 0 Å². The molecule has 1 heterocycles. The highest BCUT2D eigenvalue weighted by atomic mass is 16.2. The lowest BCUT2D eigenvalue weighted by Crippen LogP contribution is -2.48. The van der Waals surface area contributed by atoms with Gasteiger partial charge in [0.1, 0.15) is 0 Å². The van der Waals surface area contributed by atoms with Gasteiger partial charge in [-0.1, -0.05) is 32.1 Å². The molecule has 110 valence electrons. The summed E-state index contributed by atoms with van der Waals surface area (Å²) in [6, 6.07) is 0.243. The first-order valence-electron chi connectivity index (χ1n) is 7.98. The average molecular weight is 267 g/mol. The number of primary amides is 1. The third-order valence-electron chi connectivity index (χ3n) is 4.85. The van der Waals surface area contributed by atoms with E-state index in [1.165, 1.54) is 38.5 Å². The molecule has 1 saturated carbocycles. The van der Waals surface area contributed by atoms with Gasteiger partial charge in [-0.25, -0.2) is 4.79 Å². The van der Waals surface area contributed by atoms with Crippen LogP contribution in [0.4, 0.5) is 4.79 Å². The van der Waals surface area contributed by atoms with Gasteiger partial charge in [-0.3, -0.25) is 0 Å². The standard InChI is InChI=1S/C15H29N3O/c16-13(10-12-6-2-1-3-7-12)11-14-8-4-5-9-18(14)15(17)19/h12-14H,1-11,16H2,(H2,17,19)/t13-,14?/m0/s1. The van der Waals surface area contributed by atoms with Crippen LogP contribution in [-0.4, -0.2) is 29.6 Å². The summed E-state index contributed by atoms with van der Waals surface area (Å²) in [6.07, 6.45) is 12.2. The number of nitrogens with zero attached hydrogens (tertiary/aromatic N) is 1. The number of hydrogen-bond donors (Lipinski definition) is 2. The first kappa shape index (κ1) is 14.6. The second-order valence-corrected chi connectivity index (χ2v) is 6.42. The van der Waals surface area contributed by atoms with E-state index in [0.717, 1.165) is 38.1 Å². The molecule has 2 amide bonds. The zero-order valence-electron chi connectivity index (χ0n) is 12.0. The highest BCUT2D eigenvalue weighted by Gasteiger charge is 2.27. The molecule has 0 radical (unpaired) electrons. The van der Waals surface area contributed by atoms with E-state index in [4.69, 9.17) is 11.5 Å². The molecule has 1 unspecified atom stereocenters. The van der Waals surface area contributed by atoms with E-state index in [1.54, 1.807) is 0 Å². The van der Waals surface area contributed by atoms with Crippen LogP contribution in [0.5, 0.6) is 0 Å². The van der Waals surface area contributed by atoms with Gasteiger partial charge in [0.25, 0.3) is 0 Å². The molecule has 4 nitrogen and oxygen atoms in total. The summed E-state index contributed by atoms with van der Waals surface area (Å²) in [4.78, 5) is 13.3. The van der Waals surface area contributed by atoms with Crippen LogP contribution in [0.25, 0.3) is 0 Å². The van der Waals surface area contributed by atoms with Crippen LogP contribution >= 0.6 is 0 Å². The molecule has 2 aliphatic rings. The molecule has 4 N–H and O–H groups in total. The Bertz CT molecular complexity index is 289. The van der Waals surface area contributed by atoms with Crippen LogP contribution in [0.3, 0.4) is 0 Å². The van der Waals surface area contributed by atoms with Gasteiger partial charge < -0.3 is 16.4 Å². The normalized spacial score (nSPS) is 27.2. The lowest BCUT2D eigenvalue weighted by atomic mass is 9.83. The van der Waals surface area contributed by atoms with Crippen LogP contribution in [0.2, 0.25) is 0 Å². The number of hydrogen-bond acceptors (Lipinski definition) is 2. The molecule has 1 aliphatic heterocycles. The molecule has 2 atom stereocenters. The fourth-order valence-electron chi connectivity index (χ4n) is 3.83. The van der Waals surface area contributed by atoms with Gasteiger partial charge in [-0.15, -0.1) is 0 Å². The summed E-state index contributed by atoms with van der Waals surface area (Å²) in [6.45, 7) is 0.816. The summed E-state index contributed by atoms with van der Waals surface area (Å²) < 4.78 is 0. The topological polar surface area (TPSA) is 72.4 Å². The zero-order chi connectivity index (χ0) is 13.7. The van der Waals surface area contributed by atoms with E-state index in [1.807, 2.05) is 4.90 Å². The number of carbonyl (C=O) groups excluding carboxylic acids is 1. The summed E-state index contributed by atoms with van der Waals surface area (Å²) >= 11 is 0. The number of likely N-dealkylation sites (tertiary alicyclic amines) is 1. The Morgan fingerprint density at radius 3 is 2.42 bits per heavy atom. The van der Waals surface area contributed by atoms with Gasteiger partial charge in [0.15, 0.2) is 0 Å². The van der Waals surface area contributed by atoms with Crippen LogP contribution in [-0.2, 0) is 0 Å². The van der Waals surface area contributed by atoms with E-state index in [9.17, 15) is 4.79 Å². The van der Waals surface area contributed by atoms with Crippen molar-refractivity contribution in [3.05, 3.63) is 0 Å². The van der Waals surface area contributed by atoms with Gasteiger partial charge >= 0.3 is 6.03 Å². The largest absolute Gasteiger partial charge is 0.351 e. The molecule has 1 saturated heterocycles. The van der Waals surface area contributed by atoms with Crippen molar-refractivity contribution >= 4 is 6.03 Å². The minimum Gasteiger partial charge on any atom is -0.351 e. The maximum absolute atomic E-state index is 11.4. The first-order chi connectivity index (χ1) is 9.16. The smallest absolute Gasteiger partial charge is 0.315 e. The predicted molar refractivity (Wildman–Crippen MR) is 77.7 cm³/mol. The zero-order valence-corrected chi connectivity index (χ0v) is 12.0. The summed E-state index contributed by atoms with van der Waals surface area (Å²) in [5.74, 6) is 0.814. The number of amides is 2. The first-order valence-corrected chi connectivity index (χ1v) is 7.98. The van der Waals surface area contributed by atoms with Crippen LogP contribution in [0.15, 0.2) is 0 Å². The van der Waals surface area contributed by atoms with E-state index in [0.29, 0.717) is 0 Å². The molecule has 2 fully saturated rings. The molecule has 1 aliphatic carbocycles. The number of piperidine rings is 1. The highest BCUT2D eigenvalue weighted by molar-refractivity contribution is 5.72. The minimum atomic E-state index is -0.269. The van der Waals surface area contributed by atoms with Gasteiger partial charge in [0, 0.05) is 18.6 Å². The highest BCUT2D eigenvalue weighted by Crippen LogP contribution is 2.29. The van der Waals surface area contributed by atoms with Gasteiger partial charge in [0.2, 0.25) is 0 Å². The Balaban J connectivity index is 1.79. The molecule has 0 aromatic rings. The van der Waals surface area contributed by atoms with E-state index >= 15 is 0 Å². The number of nitrogens with two attached hydrogens (primary N) is 2. The Hall–Kier alpha value is -0.770. The van der Waals surface area contributed by atoms with E-state index < -0.39 is 0 Å². The SMILES string of the molecule is NC(=O)N1CCCCC1C[C@@H](N)CC1CCCCC1. The van der Waals surface area contributed by atoms with Crippen molar-refractivity contribution in [2.45, 2.75) is 76.3 Å². The molecule has 0 aromatic heterocycles. The molecule has 2 rings (SSSR count). The molecular weight excluding hydrogens is 238 g/mol. The molecular formula is C15H29N3O. The molecule has 0 bridgehead atoms. The van der Waals surface area contributed by atoms with Crippen molar-refractivity contribution < 1.29 is 4.79 Å². The molecule has 4 heteroatoms. The maximum atomic E-state index is 11.4. The van der Waals surface area contributed by atoms with Crippen LogP contribution < -0.4 is 11.5 Å². The van der Waals surface area contributed by atoms with Crippen LogP contribution in [0, 0.1) is 5.92 Å². The number of carbonyl (C=O) groups is 1. The van der Waals surface area contributed by atoms with Crippen molar-refractivity contribution in [1.82, 2.24) is 4.90 Å². The monoisotopic (exact) mass is 267 g/mol. The maximum Gasteiger partial charge on any atom is 0.315 e. The number of rotatable bonds is 4. The van der Waals surface area contributed by atoms with E-state index in [-0.39, 0.29) is 18.1 Å². The Morgan fingerprint density at radius 2 is 1.74 bits per heavy atom. The van der Waals surface area contributed by atoms with Gasteiger partial charge in [-0.05, 0) is 38.0 Å². The Kier molecular flexibility index (Phi) is 5.49. The van der Waals surface area contributed by atoms with Crippen molar-refractivity contribution in [3.63, 3.8) is 0 Å². The van der Waals surface area contributed by atoms with Crippen LogP contribution in [0.1, 0.15) is 64.2 Å². The minimum absolute atomic E-state index is 0.230. The second-order valence-electron chi connectivity index (χ2n) is 6.42. The third-order valence-corrected chi connectivity index (χ3v) is 4.85.